The quantitative estimate of drug-likeness (QED) is 0.465. The van der Waals surface area contributed by atoms with E-state index in [0.29, 0.717) is 12.4 Å². The molecule has 0 unspecified atom stereocenters. The molecule has 0 atom stereocenters. The van der Waals surface area contributed by atoms with Gasteiger partial charge in [-0.2, -0.15) is 0 Å². The second-order valence-corrected chi connectivity index (χ2v) is 4.07. The molecule has 0 aromatic carbocycles. The Morgan fingerprint density at radius 2 is 1.85 bits per heavy atom. The average molecular weight is 182 g/mol. The van der Waals surface area contributed by atoms with E-state index < -0.39 is 0 Å². The number of hydrogen-bond acceptors (Lipinski definition) is 3. The van der Waals surface area contributed by atoms with Gasteiger partial charge in [0.25, 0.3) is 0 Å². The van der Waals surface area contributed by atoms with Crippen LogP contribution >= 0.6 is 0 Å². The third-order valence-electron chi connectivity index (χ3n) is 2.86. The van der Waals surface area contributed by atoms with Gasteiger partial charge >= 0.3 is 0 Å². The molecule has 2 rings (SSSR count). The van der Waals surface area contributed by atoms with Crippen molar-refractivity contribution in [2.75, 3.05) is 32.7 Å². The summed E-state index contributed by atoms with van der Waals surface area (Å²) < 4.78 is 0. The van der Waals surface area contributed by atoms with Crippen molar-refractivity contribution < 1.29 is 0 Å². The van der Waals surface area contributed by atoms with E-state index in [1.54, 1.807) is 0 Å². The Morgan fingerprint density at radius 3 is 2.31 bits per heavy atom. The van der Waals surface area contributed by atoms with Gasteiger partial charge in [-0.05, 0) is 12.8 Å². The minimum atomic E-state index is 0.292. The smallest absolute Gasteiger partial charge is 0.105 e. The normalized spacial score (nSPS) is 26.2. The lowest BCUT2D eigenvalue weighted by Gasteiger charge is -2.34. The molecule has 1 saturated heterocycles. The minimum Gasteiger partial charge on any atom is -0.387 e. The molecule has 0 radical (unpaired) electrons. The largest absolute Gasteiger partial charge is 0.387 e. The second-order valence-electron chi connectivity index (χ2n) is 4.07. The fourth-order valence-corrected chi connectivity index (χ4v) is 1.97. The maximum absolute atomic E-state index is 7.20. The van der Waals surface area contributed by atoms with Crippen molar-refractivity contribution in [2.24, 2.45) is 5.73 Å². The van der Waals surface area contributed by atoms with Crippen LogP contribution in [0.4, 0.5) is 0 Å². The van der Waals surface area contributed by atoms with Gasteiger partial charge in [0.2, 0.25) is 0 Å². The predicted octanol–water partition coefficient (Wildman–Crippen LogP) is -0.298. The number of hydrogen-bond donors (Lipinski definition) is 2. The first kappa shape index (κ1) is 8.97. The Morgan fingerprint density at radius 1 is 1.23 bits per heavy atom. The zero-order valence-corrected chi connectivity index (χ0v) is 8.00. The number of nitrogens with zero attached hydrogens (tertiary/aromatic N) is 2. The summed E-state index contributed by atoms with van der Waals surface area (Å²) in [6, 6.07) is 0.888. The van der Waals surface area contributed by atoms with Gasteiger partial charge in [-0.15, -0.1) is 0 Å². The Kier molecular flexibility index (Phi) is 2.51. The summed E-state index contributed by atoms with van der Waals surface area (Å²) in [4.78, 5) is 4.83. The highest BCUT2D eigenvalue weighted by Crippen LogP contribution is 2.27. The van der Waals surface area contributed by atoms with Crippen LogP contribution in [0.5, 0.6) is 0 Å². The third-order valence-corrected chi connectivity index (χ3v) is 2.86. The van der Waals surface area contributed by atoms with Crippen molar-refractivity contribution >= 4 is 5.84 Å². The van der Waals surface area contributed by atoms with Gasteiger partial charge in [0, 0.05) is 32.2 Å². The molecule has 13 heavy (non-hydrogen) atoms. The van der Waals surface area contributed by atoms with E-state index in [1.165, 1.54) is 12.8 Å². The number of rotatable bonds is 3. The first-order valence-electron chi connectivity index (χ1n) is 5.05. The van der Waals surface area contributed by atoms with Crippen LogP contribution in [-0.2, 0) is 0 Å². The molecule has 1 heterocycles. The molecular weight excluding hydrogens is 164 g/mol. The topological polar surface area (TPSA) is 56.4 Å². The lowest BCUT2D eigenvalue weighted by Crippen LogP contribution is -2.49. The molecule has 3 N–H and O–H groups in total. The van der Waals surface area contributed by atoms with Crippen LogP contribution in [0.2, 0.25) is 0 Å². The molecule has 0 spiro atoms. The summed E-state index contributed by atoms with van der Waals surface area (Å²) in [5.41, 5.74) is 5.36. The Hall–Kier alpha value is -0.610. The maximum Gasteiger partial charge on any atom is 0.105 e. The van der Waals surface area contributed by atoms with Crippen LogP contribution in [-0.4, -0.2) is 54.4 Å². The SMILES string of the molecule is N=C(N)CN1CCN(C2CC2)CC1. The number of nitrogens with two attached hydrogens (primary N) is 1. The van der Waals surface area contributed by atoms with E-state index in [0.717, 1.165) is 32.2 Å². The molecule has 0 aromatic heterocycles. The standard InChI is InChI=1S/C9H18N4/c10-9(11)7-12-3-5-13(6-4-12)8-1-2-8/h8H,1-7H2,(H3,10,11). The van der Waals surface area contributed by atoms with E-state index in [1.807, 2.05) is 0 Å². The summed E-state index contributed by atoms with van der Waals surface area (Å²) in [7, 11) is 0. The Bertz CT molecular complexity index is 192. The molecular formula is C9H18N4. The third kappa shape index (κ3) is 2.42. The van der Waals surface area contributed by atoms with Crippen LogP contribution in [0, 0.1) is 5.41 Å². The van der Waals surface area contributed by atoms with Crippen molar-refractivity contribution in [3.8, 4) is 0 Å². The maximum atomic E-state index is 7.20. The second kappa shape index (κ2) is 3.64. The van der Waals surface area contributed by atoms with Crippen LogP contribution in [0.3, 0.4) is 0 Å². The fraction of sp³-hybridized carbons (Fsp3) is 0.889. The minimum absolute atomic E-state index is 0.292. The number of amidine groups is 1. The zero-order chi connectivity index (χ0) is 9.26. The molecule has 1 saturated carbocycles. The number of piperazine rings is 1. The lowest BCUT2D eigenvalue weighted by atomic mass is 10.3. The van der Waals surface area contributed by atoms with Gasteiger partial charge in [-0.3, -0.25) is 15.2 Å². The monoisotopic (exact) mass is 182 g/mol. The summed E-state index contributed by atoms with van der Waals surface area (Å²) in [6.07, 6.45) is 2.79. The average Bonchev–Trinajstić information content (AvgIpc) is 2.87. The number of nitrogens with one attached hydrogen (secondary N) is 1. The van der Waals surface area contributed by atoms with E-state index in [2.05, 4.69) is 9.80 Å². The first-order valence-corrected chi connectivity index (χ1v) is 5.05. The Balaban J connectivity index is 1.72. The summed E-state index contributed by atoms with van der Waals surface area (Å²) in [5, 5.41) is 7.20. The van der Waals surface area contributed by atoms with Gasteiger partial charge in [0.1, 0.15) is 5.84 Å². The highest BCUT2D eigenvalue weighted by atomic mass is 15.3. The van der Waals surface area contributed by atoms with E-state index >= 15 is 0 Å². The van der Waals surface area contributed by atoms with Crippen LogP contribution in [0.1, 0.15) is 12.8 Å². The first-order chi connectivity index (χ1) is 6.25. The summed E-state index contributed by atoms with van der Waals surface area (Å²) in [5.74, 6) is 0.292. The predicted molar refractivity (Wildman–Crippen MR) is 52.9 cm³/mol. The van der Waals surface area contributed by atoms with Crippen LogP contribution in [0.25, 0.3) is 0 Å². The summed E-state index contributed by atoms with van der Waals surface area (Å²) in [6.45, 7) is 5.14. The zero-order valence-electron chi connectivity index (χ0n) is 8.00. The van der Waals surface area contributed by atoms with Gasteiger partial charge in [-0.1, -0.05) is 0 Å². The van der Waals surface area contributed by atoms with Crippen molar-refractivity contribution in [2.45, 2.75) is 18.9 Å². The van der Waals surface area contributed by atoms with Gasteiger partial charge in [-0.25, -0.2) is 0 Å². The highest BCUT2D eigenvalue weighted by Gasteiger charge is 2.30. The molecule has 4 heteroatoms. The fourth-order valence-electron chi connectivity index (χ4n) is 1.97. The van der Waals surface area contributed by atoms with Gasteiger partial charge < -0.3 is 5.73 Å². The molecule has 2 fully saturated rings. The molecule has 74 valence electrons. The molecule has 0 bridgehead atoms. The highest BCUT2D eigenvalue weighted by molar-refractivity contribution is 5.78. The van der Waals surface area contributed by atoms with Crippen molar-refractivity contribution in [1.82, 2.24) is 9.80 Å². The van der Waals surface area contributed by atoms with Gasteiger partial charge in [0.05, 0.1) is 6.54 Å². The van der Waals surface area contributed by atoms with Crippen molar-refractivity contribution in [3.63, 3.8) is 0 Å². The van der Waals surface area contributed by atoms with Crippen LogP contribution in [0.15, 0.2) is 0 Å². The lowest BCUT2D eigenvalue weighted by molar-refractivity contribution is 0.139. The molecule has 1 aliphatic heterocycles. The molecule has 0 aromatic rings. The van der Waals surface area contributed by atoms with Crippen molar-refractivity contribution in [1.29, 1.82) is 5.41 Å². The van der Waals surface area contributed by atoms with Crippen LogP contribution < -0.4 is 5.73 Å². The molecule has 1 aliphatic carbocycles. The molecule has 0 amide bonds. The van der Waals surface area contributed by atoms with Gasteiger partial charge in [0.15, 0.2) is 0 Å². The van der Waals surface area contributed by atoms with E-state index in [4.69, 9.17) is 11.1 Å². The Labute approximate surface area is 79.2 Å². The summed E-state index contributed by atoms with van der Waals surface area (Å²) >= 11 is 0. The molecule has 4 nitrogen and oxygen atoms in total. The van der Waals surface area contributed by atoms with E-state index in [9.17, 15) is 0 Å². The van der Waals surface area contributed by atoms with Crippen molar-refractivity contribution in [3.05, 3.63) is 0 Å². The molecule has 2 aliphatic rings. The van der Waals surface area contributed by atoms with E-state index in [-0.39, 0.29) is 0 Å².